The molecule has 0 aliphatic heterocycles. The van der Waals surface area contributed by atoms with Gasteiger partial charge in [0.25, 0.3) is 0 Å². The third-order valence-electron chi connectivity index (χ3n) is 2.39. The summed E-state index contributed by atoms with van der Waals surface area (Å²) in [6.45, 7) is 5.86. The maximum absolute atomic E-state index is 13.9. The predicted octanol–water partition coefficient (Wildman–Crippen LogP) is 3.65. The van der Waals surface area contributed by atoms with E-state index in [1.807, 2.05) is 20.8 Å². The molecule has 0 atom stereocenters. The van der Waals surface area contributed by atoms with Crippen LogP contribution in [0.5, 0.6) is 0 Å². The number of rotatable bonds is 0. The minimum Gasteiger partial charge on any atom is -0.278 e. The molecule has 1 heterocycles. The summed E-state index contributed by atoms with van der Waals surface area (Å²) in [6.07, 6.45) is 1.63. The van der Waals surface area contributed by atoms with E-state index in [2.05, 4.69) is 10.2 Å². The molecule has 2 aromatic rings. The lowest BCUT2D eigenvalue weighted by Crippen LogP contribution is -2.14. The maximum atomic E-state index is 13.9. The average Bonchev–Trinajstić information content (AvgIpc) is 2.50. The number of nitrogens with zero attached hydrogens (tertiary/aromatic N) is 1. The van der Waals surface area contributed by atoms with Crippen molar-refractivity contribution in [3.63, 3.8) is 0 Å². The van der Waals surface area contributed by atoms with Gasteiger partial charge in [0, 0.05) is 10.9 Å². The number of nitrogens with one attached hydrogen (secondary N) is 1. The van der Waals surface area contributed by atoms with Gasteiger partial charge in [0.2, 0.25) is 0 Å². The monoisotopic (exact) mass is 226 g/mol. The van der Waals surface area contributed by atoms with E-state index < -0.39 is 0 Å². The summed E-state index contributed by atoms with van der Waals surface area (Å²) in [5.74, 6) is -0.349. The molecule has 0 saturated carbocycles. The number of aromatic nitrogens is 2. The van der Waals surface area contributed by atoms with Crippen molar-refractivity contribution in [3.8, 4) is 0 Å². The van der Waals surface area contributed by atoms with E-state index in [1.54, 1.807) is 12.3 Å². The van der Waals surface area contributed by atoms with Gasteiger partial charge in [-0.25, -0.2) is 4.39 Å². The molecule has 0 saturated heterocycles. The zero-order valence-corrected chi connectivity index (χ0v) is 9.61. The van der Waals surface area contributed by atoms with Crippen LogP contribution in [-0.4, -0.2) is 10.2 Å². The van der Waals surface area contributed by atoms with Gasteiger partial charge in [0.15, 0.2) is 0 Å². The van der Waals surface area contributed by atoms with Crippen LogP contribution in [0, 0.1) is 5.82 Å². The molecule has 0 bridgehead atoms. The molecule has 80 valence electrons. The summed E-state index contributed by atoms with van der Waals surface area (Å²) in [5.41, 5.74) is 1.09. The molecule has 0 spiro atoms. The zero-order chi connectivity index (χ0) is 11.2. The number of H-pyrrole nitrogens is 1. The Morgan fingerprint density at radius 2 is 2.07 bits per heavy atom. The van der Waals surface area contributed by atoms with Crippen LogP contribution >= 0.6 is 11.6 Å². The van der Waals surface area contributed by atoms with Crippen LogP contribution in [0.2, 0.25) is 5.02 Å². The summed E-state index contributed by atoms with van der Waals surface area (Å²) in [5, 5.41) is 7.64. The topological polar surface area (TPSA) is 28.7 Å². The van der Waals surface area contributed by atoms with Crippen LogP contribution in [0.4, 0.5) is 4.39 Å². The molecule has 1 N–H and O–H groups in total. The van der Waals surface area contributed by atoms with Crippen molar-refractivity contribution in [2.75, 3.05) is 0 Å². The lowest BCUT2D eigenvalue weighted by atomic mass is 9.84. The molecule has 0 unspecified atom stereocenters. The van der Waals surface area contributed by atoms with Gasteiger partial charge in [-0.15, -0.1) is 0 Å². The highest BCUT2D eigenvalue weighted by atomic mass is 35.5. The number of benzene rings is 1. The first kappa shape index (κ1) is 10.4. The van der Waals surface area contributed by atoms with E-state index in [0.29, 0.717) is 5.56 Å². The Morgan fingerprint density at radius 1 is 1.40 bits per heavy atom. The summed E-state index contributed by atoms with van der Waals surface area (Å²) in [4.78, 5) is 0. The van der Waals surface area contributed by atoms with Gasteiger partial charge in [-0.05, 0) is 11.5 Å². The van der Waals surface area contributed by atoms with E-state index in [-0.39, 0.29) is 16.3 Å². The van der Waals surface area contributed by atoms with Gasteiger partial charge >= 0.3 is 0 Å². The van der Waals surface area contributed by atoms with E-state index in [0.717, 1.165) is 10.9 Å². The smallest absolute Gasteiger partial charge is 0.146 e. The third kappa shape index (κ3) is 1.61. The second kappa shape index (κ2) is 3.20. The van der Waals surface area contributed by atoms with E-state index >= 15 is 0 Å². The minimum absolute atomic E-state index is 0.136. The first-order valence-corrected chi connectivity index (χ1v) is 5.10. The number of hydrogen-bond donors (Lipinski definition) is 1. The number of hydrogen-bond acceptors (Lipinski definition) is 1. The summed E-state index contributed by atoms with van der Waals surface area (Å²) < 4.78 is 13.9. The molecule has 0 radical (unpaired) electrons. The zero-order valence-electron chi connectivity index (χ0n) is 8.86. The van der Waals surface area contributed by atoms with Gasteiger partial charge in [-0.2, -0.15) is 5.10 Å². The van der Waals surface area contributed by atoms with Crippen LogP contribution < -0.4 is 0 Å². The van der Waals surface area contributed by atoms with Gasteiger partial charge in [-0.1, -0.05) is 32.4 Å². The van der Waals surface area contributed by atoms with Gasteiger partial charge in [0.05, 0.1) is 16.7 Å². The average molecular weight is 227 g/mol. The minimum atomic E-state index is -0.349. The van der Waals surface area contributed by atoms with Crippen molar-refractivity contribution in [1.82, 2.24) is 10.2 Å². The first-order valence-electron chi connectivity index (χ1n) is 4.73. The number of halogens is 2. The highest BCUT2D eigenvalue weighted by molar-refractivity contribution is 6.31. The molecule has 0 amide bonds. The Balaban J connectivity index is 2.90. The third-order valence-corrected chi connectivity index (χ3v) is 2.66. The van der Waals surface area contributed by atoms with Crippen LogP contribution in [0.3, 0.4) is 0 Å². The molecule has 2 nitrogen and oxygen atoms in total. The Kier molecular flexibility index (Phi) is 2.23. The van der Waals surface area contributed by atoms with Crippen LogP contribution in [-0.2, 0) is 5.41 Å². The second-order valence-corrected chi connectivity index (χ2v) is 5.04. The normalized spacial score (nSPS) is 12.3. The van der Waals surface area contributed by atoms with Crippen molar-refractivity contribution in [2.45, 2.75) is 26.2 Å². The maximum Gasteiger partial charge on any atom is 0.146 e. The van der Waals surface area contributed by atoms with Crippen molar-refractivity contribution in [3.05, 3.63) is 28.7 Å². The molecule has 1 aromatic heterocycles. The first-order chi connectivity index (χ1) is 6.91. The Bertz CT molecular complexity index is 511. The van der Waals surface area contributed by atoms with Crippen LogP contribution in [0.25, 0.3) is 10.9 Å². The summed E-state index contributed by atoms with van der Waals surface area (Å²) in [6, 6.07) is 1.56. The fourth-order valence-corrected chi connectivity index (χ4v) is 1.97. The van der Waals surface area contributed by atoms with Crippen LogP contribution in [0.15, 0.2) is 12.3 Å². The van der Waals surface area contributed by atoms with E-state index in [4.69, 9.17) is 11.6 Å². The standard InChI is InChI=1S/C11H12ClFN2/c1-11(2,3)9-6-5-14-15-8(6)4-7(12)10(9)13/h4-5H,1-3H3,(H,14,15). The molecular weight excluding hydrogens is 215 g/mol. The molecule has 2 rings (SSSR count). The second-order valence-electron chi connectivity index (χ2n) is 4.63. The fourth-order valence-electron chi connectivity index (χ4n) is 1.77. The summed E-state index contributed by atoms with van der Waals surface area (Å²) in [7, 11) is 0. The fraction of sp³-hybridized carbons (Fsp3) is 0.364. The number of fused-ring (bicyclic) bond motifs is 1. The highest BCUT2D eigenvalue weighted by Gasteiger charge is 2.24. The molecule has 15 heavy (non-hydrogen) atoms. The lowest BCUT2D eigenvalue weighted by molar-refractivity contribution is 0.529. The van der Waals surface area contributed by atoms with Crippen molar-refractivity contribution in [2.24, 2.45) is 0 Å². The van der Waals surface area contributed by atoms with Crippen LogP contribution in [0.1, 0.15) is 26.3 Å². The SMILES string of the molecule is CC(C)(C)c1c(F)c(Cl)cc2[nH]ncc12. The lowest BCUT2D eigenvalue weighted by Gasteiger charge is -2.21. The quantitative estimate of drug-likeness (QED) is 0.730. The van der Waals surface area contributed by atoms with Gasteiger partial charge in [-0.3, -0.25) is 5.10 Å². The van der Waals surface area contributed by atoms with Crippen molar-refractivity contribution < 1.29 is 4.39 Å². The molecule has 0 aliphatic carbocycles. The Hall–Kier alpha value is -1.09. The molecule has 1 aromatic carbocycles. The molecular formula is C11H12ClFN2. The largest absolute Gasteiger partial charge is 0.278 e. The van der Waals surface area contributed by atoms with Crippen molar-refractivity contribution in [1.29, 1.82) is 0 Å². The van der Waals surface area contributed by atoms with Gasteiger partial charge < -0.3 is 0 Å². The highest BCUT2D eigenvalue weighted by Crippen LogP contribution is 2.35. The van der Waals surface area contributed by atoms with E-state index in [9.17, 15) is 4.39 Å². The van der Waals surface area contributed by atoms with Gasteiger partial charge in [0.1, 0.15) is 5.82 Å². The van der Waals surface area contributed by atoms with Crippen molar-refractivity contribution >= 4 is 22.5 Å². The summed E-state index contributed by atoms with van der Waals surface area (Å²) >= 11 is 5.83. The molecule has 0 fully saturated rings. The Morgan fingerprint density at radius 3 is 2.67 bits per heavy atom. The predicted molar refractivity (Wildman–Crippen MR) is 59.8 cm³/mol. The molecule has 0 aliphatic rings. The Labute approximate surface area is 92.4 Å². The van der Waals surface area contributed by atoms with E-state index in [1.165, 1.54) is 0 Å². The number of aromatic amines is 1. The molecule has 4 heteroatoms.